The van der Waals surface area contributed by atoms with Crippen molar-refractivity contribution in [2.75, 3.05) is 0 Å². The SMILES string of the molecule is Cc1cc2n(n1)C/N=C(Cl)\C(C1C=CC=CC1C)=C/C(C)/C=N\2. The third kappa shape index (κ3) is 3.53. The number of hydrogen-bond donors (Lipinski definition) is 0. The molecule has 0 saturated heterocycles. The number of aliphatic imine (C=N–C) groups is 2. The highest BCUT2D eigenvalue weighted by molar-refractivity contribution is 6.69. The van der Waals surface area contributed by atoms with Gasteiger partial charge in [-0.1, -0.05) is 55.8 Å². The van der Waals surface area contributed by atoms with E-state index in [-0.39, 0.29) is 11.8 Å². The maximum Gasteiger partial charge on any atom is 0.152 e. The summed E-state index contributed by atoms with van der Waals surface area (Å²) in [5, 5.41) is 4.99. The number of nitrogens with zero attached hydrogens (tertiary/aromatic N) is 4. The zero-order chi connectivity index (χ0) is 16.4. The van der Waals surface area contributed by atoms with Gasteiger partial charge in [0.1, 0.15) is 11.8 Å². The molecule has 0 N–H and O–H groups in total. The van der Waals surface area contributed by atoms with Crippen LogP contribution in [0.1, 0.15) is 19.5 Å². The van der Waals surface area contributed by atoms with Crippen molar-refractivity contribution >= 4 is 28.8 Å². The minimum absolute atomic E-state index is 0.169. The first kappa shape index (κ1) is 15.9. The first-order valence-electron chi connectivity index (χ1n) is 7.90. The predicted molar refractivity (Wildman–Crippen MR) is 96.6 cm³/mol. The highest BCUT2D eigenvalue weighted by atomic mass is 35.5. The van der Waals surface area contributed by atoms with E-state index in [1.165, 1.54) is 0 Å². The lowest BCUT2D eigenvalue weighted by atomic mass is 9.83. The van der Waals surface area contributed by atoms with Gasteiger partial charge in [0.25, 0.3) is 0 Å². The van der Waals surface area contributed by atoms with Gasteiger partial charge in [0.05, 0.1) is 5.69 Å². The van der Waals surface area contributed by atoms with E-state index in [1.54, 1.807) is 4.68 Å². The predicted octanol–water partition coefficient (Wildman–Crippen LogP) is 4.44. The van der Waals surface area contributed by atoms with E-state index in [2.05, 4.69) is 59.3 Å². The fraction of sp³-hybridized carbons (Fsp3) is 0.389. The van der Waals surface area contributed by atoms with Crippen LogP contribution in [-0.4, -0.2) is 21.2 Å². The van der Waals surface area contributed by atoms with Gasteiger partial charge in [-0.25, -0.2) is 14.7 Å². The van der Waals surface area contributed by atoms with Crippen molar-refractivity contribution in [3.05, 3.63) is 47.7 Å². The molecule has 1 aliphatic carbocycles. The summed E-state index contributed by atoms with van der Waals surface area (Å²) in [5.41, 5.74) is 1.99. The molecule has 0 aromatic carbocycles. The Bertz CT molecular complexity index is 736. The molecule has 0 spiro atoms. The normalized spacial score (nSPS) is 33.3. The topological polar surface area (TPSA) is 42.5 Å². The number of fused-ring (bicyclic) bond motifs is 1. The molecule has 5 heteroatoms. The van der Waals surface area contributed by atoms with E-state index in [1.807, 2.05) is 19.2 Å². The first-order valence-corrected chi connectivity index (χ1v) is 8.28. The first-order chi connectivity index (χ1) is 11.0. The molecule has 0 saturated carbocycles. The lowest BCUT2D eigenvalue weighted by molar-refractivity contribution is 0.586. The molecule has 3 rings (SSSR count). The Morgan fingerprint density at radius 1 is 1.22 bits per heavy atom. The van der Waals surface area contributed by atoms with Crippen LogP contribution < -0.4 is 0 Å². The molecular formula is C18H21ClN4. The summed E-state index contributed by atoms with van der Waals surface area (Å²) in [4.78, 5) is 9.11. The van der Waals surface area contributed by atoms with Crippen LogP contribution in [0.5, 0.6) is 0 Å². The maximum absolute atomic E-state index is 6.56. The van der Waals surface area contributed by atoms with Crippen molar-refractivity contribution in [1.29, 1.82) is 0 Å². The van der Waals surface area contributed by atoms with Crippen molar-refractivity contribution in [2.45, 2.75) is 27.4 Å². The van der Waals surface area contributed by atoms with Gasteiger partial charge in [0.15, 0.2) is 5.82 Å². The second-order valence-corrected chi connectivity index (χ2v) is 6.51. The number of rotatable bonds is 1. The standard InChI is InChI=1S/C18H21ClN4/c1-12-8-16(15-7-5-4-6-13(15)2)18(19)21-11-23-17(20-10-12)9-14(3)22-23/h4-10,12-13,15H,11H2,1-3H3/b16-8-,20-10-,21-18+. The number of allylic oxidation sites excluding steroid dienone is 6. The molecule has 2 aliphatic rings. The smallest absolute Gasteiger partial charge is 0.152 e. The van der Waals surface area contributed by atoms with Gasteiger partial charge >= 0.3 is 0 Å². The molecule has 120 valence electrons. The van der Waals surface area contributed by atoms with Crippen LogP contribution in [0.2, 0.25) is 0 Å². The van der Waals surface area contributed by atoms with Gasteiger partial charge in [-0.05, 0) is 18.4 Å². The Labute approximate surface area is 142 Å². The van der Waals surface area contributed by atoms with E-state index in [0.717, 1.165) is 17.1 Å². The molecule has 1 aromatic rings. The molecule has 1 aliphatic heterocycles. The summed E-state index contributed by atoms with van der Waals surface area (Å²) in [6.07, 6.45) is 12.6. The summed E-state index contributed by atoms with van der Waals surface area (Å²) in [6.45, 7) is 6.64. The fourth-order valence-electron chi connectivity index (χ4n) is 2.90. The van der Waals surface area contributed by atoms with E-state index < -0.39 is 0 Å². The Kier molecular flexibility index (Phi) is 4.62. The van der Waals surface area contributed by atoms with Crippen molar-refractivity contribution in [3.63, 3.8) is 0 Å². The number of aromatic nitrogens is 2. The molecule has 3 unspecified atom stereocenters. The van der Waals surface area contributed by atoms with Gasteiger partial charge < -0.3 is 0 Å². The second kappa shape index (κ2) is 6.67. The van der Waals surface area contributed by atoms with Crippen LogP contribution in [0.15, 0.2) is 52.0 Å². The summed E-state index contributed by atoms with van der Waals surface area (Å²) in [6, 6.07) is 1.95. The molecule has 23 heavy (non-hydrogen) atoms. The van der Waals surface area contributed by atoms with Crippen LogP contribution in [0.3, 0.4) is 0 Å². The summed E-state index contributed by atoms with van der Waals surface area (Å²) >= 11 is 6.56. The van der Waals surface area contributed by atoms with E-state index in [0.29, 0.717) is 17.8 Å². The average Bonchev–Trinajstić information content (AvgIpc) is 2.88. The quantitative estimate of drug-likeness (QED) is 0.751. The molecule has 0 radical (unpaired) electrons. The van der Waals surface area contributed by atoms with Crippen LogP contribution >= 0.6 is 11.6 Å². The lowest BCUT2D eigenvalue weighted by Gasteiger charge is -2.24. The third-order valence-electron chi connectivity index (χ3n) is 4.12. The maximum atomic E-state index is 6.56. The van der Waals surface area contributed by atoms with E-state index >= 15 is 0 Å². The van der Waals surface area contributed by atoms with Crippen molar-refractivity contribution in [3.8, 4) is 0 Å². The number of hydrogen-bond acceptors (Lipinski definition) is 3. The Balaban J connectivity index is 1.99. The van der Waals surface area contributed by atoms with Crippen molar-refractivity contribution < 1.29 is 0 Å². The van der Waals surface area contributed by atoms with E-state index in [4.69, 9.17) is 11.6 Å². The Morgan fingerprint density at radius 3 is 2.78 bits per heavy atom. The second-order valence-electron chi connectivity index (χ2n) is 6.15. The van der Waals surface area contributed by atoms with Gasteiger partial charge in [0, 0.05) is 24.1 Å². The van der Waals surface area contributed by atoms with Crippen LogP contribution in [0.25, 0.3) is 0 Å². The molecule has 0 fully saturated rings. The monoisotopic (exact) mass is 328 g/mol. The molecule has 0 amide bonds. The highest BCUT2D eigenvalue weighted by Crippen LogP contribution is 2.30. The zero-order valence-corrected chi connectivity index (χ0v) is 14.4. The highest BCUT2D eigenvalue weighted by Gasteiger charge is 2.22. The van der Waals surface area contributed by atoms with Crippen molar-refractivity contribution in [1.82, 2.24) is 9.78 Å². The van der Waals surface area contributed by atoms with Crippen molar-refractivity contribution in [2.24, 2.45) is 27.7 Å². The molecule has 0 bridgehead atoms. The van der Waals surface area contributed by atoms with Crippen LogP contribution in [0.4, 0.5) is 5.82 Å². The van der Waals surface area contributed by atoms with Gasteiger partial charge in [-0.15, -0.1) is 0 Å². The Morgan fingerprint density at radius 2 is 2.00 bits per heavy atom. The molecular weight excluding hydrogens is 308 g/mol. The third-order valence-corrected chi connectivity index (χ3v) is 4.45. The molecule has 2 heterocycles. The molecule has 3 atom stereocenters. The molecule has 4 nitrogen and oxygen atoms in total. The molecule has 1 aromatic heterocycles. The number of aryl methyl sites for hydroxylation is 1. The summed E-state index contributed by atoms with van der Waals surface area (Å²) in [5.74, 6) is 1.62. The largest absolute Gasteiger partial charge is 0.249 e. The summed E-state index contributed by atoms with van der Waals surface area (Å²) in [7, 11) is 0. The van der Waals surface area contributed by atoms with Gasteiger partial charge in [0.2, 0.25) is 0 Å². The average molecular weight is 329 g/mol. The lowest BCUT2D eigenvalue weighted by Crippen LogP contribution is -2.18. The zero-order valence-electron chi connectivity index (χ0n) is 13.6. The summed E-state index contributed by atoms with van der Waals surface area (Å²) < 4.78 is 1.78. The fourth-order valence-corrected chi connectivity index (χ4v) is 3.15. The minimum atomic E-state index is 0.169. The number of halogens is 1. The van der Waals surface area contributed by atoms with Crippen LogP contribution in [0, 0.1) is 24.7 Å². The Hall–Kier alpha value is -1.94. The van der Waals surface area contributed by atoms with E-state index in [9.17, 15) is 0 Å². The van der Waals surface area contributed by atoms with Gasteiger partial charge in [-0.3, -0.25) is 0 Å². The van der Waals surface area contributed by atoms with Crippen LogP contribution in [-0.2, 0) is 6.67 Å². The van der Waals surface area contributed by atoms with Gasteiger partial charge in [-0.2, -0.15) is 5.10 Å². The minimum Gasteiger partial charge on any atom is -0.249 e.